The SMILES string of the molecule is O=C(Cn1ncc(Cl)c(Cl)c1=O)N(C/C=C/c1ccccc1)c1ccc2c(c1)OCCO2. The zero-order chi connectivity index (χ0) is 22.5. The van der Waals surface area contributed by atoms with Crippen LogP contribution in [0, 0.1) is 0 Å². The Bertz CT molecular complexity index is 1210. The number of fused-ring (bicyclic) bond motifs is 1. The number of ether oxygens (including phenoxy) is 2. The number of hydrogen-bond donors (Lipinski definition) is 0. The summed E-state index contributed by atoms with van der Waals surface area (Å²) in [6.07, 6.45) is 5.03. The highest BCUT2D eigenvalue weighted by molar-refractivity contribution is 6.41. The van der Waals surface area contributed by atoms with Gasteiger partial charge in [0, 0.05) is 18.3 Å². The minimum Gasteiger partial charge on any atom is -0.486 e. The standard InChI is InChI=1S/C23H19Cl2N3O4/c24-18-14-26-28(23(30)22(18)25)15-21(29)27(10-4-7-16-5-2-1-3-6-16)17-8-9-19-20(13-17)32-12-11-31-19/h1-9,13-14H,10-12,15H2/b7-4+. The number of anilines is 1. The van der Waals surface area contributed by atoms with Crippen LogP contribution in [0.15, 0.2) is 65.6 Å². The van der Waals surface area contributed by atoms with Gasteiger partial charge in [-0.05, 0) is 17.7 Å². The predicted octanol–water partition coefficient (Wildman–Crippen LogP) is 4.07. The molecule has 0 spiro atoms. The van der Waals surface area contributed by atoms with Crippen LogP contribution < -0.4 is 19.9 Å². The number of halogens is 2. The Kier molecular flexibility index (Phi) is 6.78. The van der Waals surface area contributed by atoms with Crippen molar-refractivity contribution in [1.82, 2.24) is 9.78 Å². The first-order valence-corrected chi connectivity index (χ1v) is 10.6. The molecule has 1 amide bonds. The second kappa shape index (κ2) is 9.89. The van der Waals surface area contributed by atoms with Crippen LogP contribution in [0.4, 0.5) is 5.69 Å². The zero-order valence-corrected chi connectivity index (χ0v) is 18.4. The third-order valence-electron chi connectivity index (χ3n) is 4.76. The molecule has 1 aliphatic rings. The van der Waals surface area contributed by atoms with Gasteiger partial charge in [-0.1, -0.05) is 65.7 Å². The maximum Gasteiger partial charge on any atom is 0.287 e. The third-order valence-corrected chi connectivity index (χ3v) is 5.51. The van der Waals surface area contributed by atoms with E-state index >= 15 is 0 Å². The fourth-order valence-electron chi connectivity index (χ4n) is 3.18. The maximum absolute atomic E-state index is 13.2. The molecule has 4 rings (SSSR count). The molecule has 164 valence electrons. The molecule has 2 aromatic carbocycles. The first kappa shape index (κ1) is 21.9. The molecule has 0 radical (unpaired) electrons. The Morgan fingerprint density at radius 3 is 2.62 bits per heavy atom. The fourth-order valence-corrected chi connectivity index (χ4v) is 3.45. The number of benzene rings is 2. The number of nitrogens with zero attached hydrogens (tertiary/aromatic N) is 3. The summed E-state index contributed by atoms with van der Waals surface area (Å²) in [5, 5.41) is 3.79. The second-order valence-electron chi connectivity index (χ2n) is 6.91. The van der Waals surface area contributed by atoms with Gasteiger partial charge < -0.3 is 14.4 Å². The van der Waals surface area contributed by atoms with E-state index in [0.29, 0.717) is 30.4 Å². The van der Waals surface area contributed by atoms with Crippen molar-refractivity contribution in [3.05, 3.63) is 86.8 Å². The summed E-state index contributed by atoms with van der Waals surface area (Å²) in [6.45, 7) is 0.869. The van der Waals surface area contributed by atoms with Crippen LogP contribution >= 0.6 is 23.2 Å². The fraction of sp³-hybridized carbons (Fsp3) is 0.174. The van der Waals surface area contributed by atoms with E-state index in [1.807, 2.05) is 42.5 Å². The molecular formula is C23H19Cl2N3O4. The Balaban J connectivity index is 1.62. The van der Waals surface area contributed by atoms with Gasteiger partial charge in [-0.3, -0.25) is 9.59 Å². The Morgan fingerprint density at radius 2 is 1.84 bits per heavy atom. The number of amides is 1. The summed E-state index contributed by atoms with van der Waals surface area (Å²) in [7, 11) is 0. The van der Waals surface area contributed by atoms with Gasteiger partial charge in [0.05, 0.1) is 11.2 Å². The molecule has 32 heavy (non-hydrogen) atoms. The molecule has 2 heterocycles. The molecular weight excluding hydrogens is 453 g/mol. The summed E-state index contributed by atoms with van der Waals surface area (Å²) in [4.78, 5) is 27.1. The predicted molar refractivity (Wildman–Crippen MR) is 124 cm³/mol. The van der Waals surface area contributed by atoms with Crippen molar-refractivity contribution in [2.45, 2.75) is 6.54 Å². The zero-order valence-electron chi connectivity index (χ0n) is 16.9. The number of rotatable bonds is 6. The number of carbonyl (C=O) groups is 1. The van der Waals surface area contributed by atoms with Gasteiger partial charge in [0.1, 0.15) is 24.8 Å². The first-order chi connectivity index (χ1) is 15.5. The van der Waals surface area contributed by atoms with E-state index in [9.17, 15) is 9.59 Å². The molecule has 7 nitrogen and oxygen atoms in total. The number of hydrogen-bond acceptors (Lipinski definition) is 5. The van der Waals surface area contributed by atoms with Gasteiger partial charge in [-0.25, -0.2) is 4.68 Å². The molecule has 1 aliphatic heterocycles. The van der Waals surface area contributed by atoms with Crippen molar-refractivity contribution >= 4 is 40.9 Å². The minimum absolute atomic E-state index is 0.0369. The monoisotopic (exact) mass is 471 g/mol. The molecule has 9 heteroatoms. The molecule has 0 unspecified atom stereocenters. The molecule has 0 bridgehead atoms. The van der Waals surface area contributed by atoms with Gasteiger partial charge in [-0.15, -0.1) is 0 Å². The van der Waals surface area contributed by atoms with E-state index in [1.165, 1.54) is 11.1 Å². The molecule has 0 N–H and O–H groups in total. The average Bonchev–Trinajstić information content (AvgIpc) is 2.82. The third kappa shape index (κ3) is 4.95. The normalized spacial score (nSPS) is 12.7. The van der Waals surface area contributed by atoms with Crippen LogP contribution in [0.3, 0.4) is 0 Å². The van der Waals surface area contributed by atoms with Crippen molar-refractivity contribution in [3.8, 4) is 11.5 Å². The average molecular weight is 472 g/mol. The van der Waals surface area contributed by atoms with Crippen molar-refractivity contribution in [2.75, 3.05) is 24.7 Å². The van der Waals surface area contributed by atoms with Crippen LogP contribution in [0.1, 0.15) is 5.56 Å². The molecule has 0 saturated heterocycles. The summed E-state index contributed by atoms with van der Waals surface area (Å²) in [5.74, 6) is 0.824. The summed E-state index contributed by atoms with van der Waals surface area (Å²) >= 11 is 11.8. The smallest absolute Gasteiger partial charge is 0.287 e. The van der Waals surface area contributed by atoms with E-state index in [4.69, 9.17) is 32.7 Å². The van der Waals surface area contributed by atoms with E-state index in [2.05, 4.69) is 5.10 Å². The highest BCUT2D eigenvalue weighted by Crippen LogP contribution is 2.34. The Morgan fingerprint density at radius 1 is 1.09 bits per heavy atom. The van der Waals surface area contributed by atoms with Crippen molar-refractivity contribution < 1.29 is 14.3 Å². The second-order valence-corrected chi connectivity index (χ2v) is 7.70. The van der Waals surface area contributed by atoms with Crippen LogP contribution in [0.2, 0.25) is 10.0 Å². The summed E-state index contributed by atoms with van der Waals surface area (Å²) in [5.41, 5.74) is 0.976. The quantitative estimate of drug-likeness (QED) is 0.541. The molecule has 3 aromatic rings. The number of aromatic nitrogens is 2. The van der Waals surface area contributed by atoms with E-state index in [-0.39, 0.29) is 29.0 Å². The minimum atomic E-state index is -0.630. The summed E-state index contributed by atoms with van der Waals surface area (Å²) < 4.78 is 12.2. The number of carbonyl (C=O) groups excluding carboxylic acids is 1. The van der Waals surface area contributed by atoms with Crippen molar-refractivity contribution in [3.63, 3.8) is 0 Å². The van der Waals surface area contributed by atoms with Gasteiger partial charge in [-0.2, -0.15) is 5.10 Å². The van der Waals surface area contributed by atoms with E-state index in [0.717, 1.165) is 10.2 Å². The lowest BCUT2D eigenvalue weighted by Gasteiger charge is -2.24. The van der Waals surface area contributed by atoms with E-state index < -0.39 is 5.56 Å². The molecule has 0 fully saturated rings. The van der Waals surface area contributed by atoms with Gasteiger partial charge in [0.2, 0.25) is 5.91 Å². The van der Waals surface area contributed by atoms with Crippen molar-refractivity contribution in [2.24, 2.45) is 0 Å². The van der Waals surface area contributed by atoms with Crippen LogP contribution in [-0.2, 0) is 11.3 Å². The highest BCUT2D eigenvalue weighted by Gasteiger charge is 2.20. The largest absolute Gasteiger partial charge is 0.486 e. The molecule has 0 saturated carbocycles. The van der Waals surface area contributed by atoms with E-state index in [1.54, 1.807) is 18.2 Å². The Hall–Kier alpha value is -3.29. The van der Waals surface area contributed by atoms with Gasteiger partial charge >= 0.3 is 0 Å². The lowest BCUT2D eigenvalue weighted by molar-refractivity contribution is -0.119. The van der Waals surface area contributed by atoms with Crippen LogP contribution in [0.5, 0.6) is 11.5 Å². The van der Waals surface area contributed by atoms with Gasteiger partial charge in [0.15, 0.2) is 11.5 Å². The lowest BCUT2D eigenvalue weighted by atomic mass is 10.2. The first-order valence-electron chi connectivity index (χ1n) is 9.85. The molecule has 1 aromatic heterocycles. The summed E-state index contributed by atoms with van der Waals surface area (Å²) in [6, 6.07) is 15.0. The maximum atomic E-state index is 13.2. The van der Waals surface area contributed by atoms with Gasteiger partial charge in [0.25, 0.3) is 5.56 Å². The Labute approximate surface area is 194 Å². The van der Waals surface area contributed by atoms with Crippen LogP contribution in [-0.4, -0.2) is 35.4 Å². The van der Waals surface area contributed by atoms with Crippen molar-refractivity contribution in [1.29, 1.82) is 0 Å². The molecule has 0 aliphatic carbocycles. The highest BCUT2D eigenvalue weighted by atomic mass is 35.5. The lowest BCUT2D eigenvalue weighted by Crippen LogP contribution is -2.37. The molecule has 0 atom stereocenters. The van der Waals surface area contributed by atoms with Crippen LogP contribution in [0.25, 0.3) is 6.08 Å². The topological polar surface area (TPSA) is 73.7 Å².